The molecular weight excluding hydrogens is 324 g/mol. The number of fused-ring (bicyclic) bond motifs is 1. The Bertz CT molecular complexity index is 783. The van der Waals surface area contributed by atoms with Gasteiger partial charge in [-0.1, -0.05) is 31.2 Å². The summed E-state index contributed by atoms with van der Waals surface area (Å²) in [5.41, 5.74) is 4.27. The molecule has 0 bridgehead atoms. The van der Waals surface area contributed by atoms with Gasteiger partial charge in [-0.25, -0.2) is 0 Å². The van der Waals surface area contributed by atoms with Crippen molar-refractivity contribution in [2.75, 3.05) is 44.2 Å². The molecule has 0 N–H and O–H groups in total. The van der Waals surface area contributed by atoms with Gasteiger partial charge in [0.05, 0.1) is 0 Å². The zero-order valence-electron chi connectivity index (χ0n) is 15.4. The van der Waals surface area contributed by atoms with Crippen LogP contribution in [0.25, 0.3) is 0 Å². The molecule has 0 atom stereocenters. The average Bonchev–Trinajstić information content (AvgIpc) is 2.73. The Morgan fingerprint density at radius 3 is 2.58 bits per heavy atom. The van der Waals surface area contributed by atoms with E-state index in [-0.39, 0.29) is 5.91 Å². The fraction of sp³-hybridized carbons (Fsp3) is 0.429. The minimum atomic E-state index is 0.0357. The van der Waals surface area contributed by atoms with E-state index in [1.807, 2.05) is 23.1 Å². The zero-order valence-corrected chi connectivity index (χ0v) is 15.4. The Morgan fingerprint density at radius 2 is 1.81 bits per heavy atom. The fourth-order valence-corrected chi connectivity index (χ4v) is 3.89. The van der Waals surface area contributed by atoms with E-state index in [1.54, 1.807) is 6.20 Å². The summed E-state index contributed by atoms with van der Waals surface area (Å²) < 4.78 is 0. The number of benzene rings is 1. The smallest absolute Gasteiger partial charge is 0.272 e. The number of piperazine rings is 1. The molecule has 2 aromatic rings. The van der Waals surface area contributed by atoms with Gasteiger partial charge < -0.3 is 14.7 Å². The summed E-state index contributed by atoms with van der Waals surface area (Å²) in [7, 11) is 0. The molecule has 5 nitrogen and oxygen atoms in total. The molecule has 1 aromatic carbocycles. The second kappa shape index (κ2) is 7.46. The molecule has 0 unspecified atom stereocenters. The summed E-state index contributed by atoms with van der Waals surface area (Å²) >= 11 is 0. The number of pyridine rings is 1. The number of rotatable bonds is 3. The molecule has 1 amide bonds. The highest BCUT2D eigenvalue weighted by atomic mass is 16.2. The first-order chi connectivity index (χ1) is 12.7. The van der Waals surface area contributed by atoms with E-state index in [1.165, 1.54) is 11.1 Å². The van der Waals surface area contributed by atoms with Crippen LogP contribution in [0.15, 0.2) is 42.6 Å². The minimum absolute atomic E-state index is 0.0357. The lowest BCUT2D eigenvalue weighted by Crippen LogP contribution is -2.46. The van der Waals surface area contributed by atoms with Gasteiger partial charge in [-0.15, -0.1) is 0 Å². The third kappa shape index (κ3) is 3.44. The van der Waals surface area contributed by atoms with Crippen LogP contribution in [-0.4, -0.2) is 60.0 Å². The van der Waals surface area contributed by atoms with Crippen molar-refractivity contribution in [2.24, 2.45) is 0 Å². The molecule has 0 aliphatic carbocycles. The highest BCUT2D eigenvalue weighted by Gasteiger charge is 2.23. The van der Waals surface area contributed by atoms with Crippen LogP contribution in [0.3, 0.4) is 0 Å². The summed E-state index contributed by atoms with van der Waals surface area (Å²) in [5.74, 6) is 0.0357. The van der Waals surface area contributed by atoms with Crippen LogP contribution in [0.5, 0.6) is 0 Å². The Kier molecular flexibility index (Phi) is 4.89. The molecule has 0 radical (unpaired) electrons. The van der Waals surface area contributed by atoms with Gasteiger partial charge in [0.1, 0.15) is 5.69 Å². The van der Waals surface area contributed by atoms with Gasteiger partial charge in [-0.05, 0) is 36.2 Å². The van der Waals surface area contributed by atoms with Gasteiger partial charge in [-0.3, -0.25) is 9.78 Å². The first-order valence-corrected chi connectivity index (χ1v) is 9.54. The number of nitrogens with zero attached hydrogens (tertiary/aromatic N) is 4. The van der Waals surface area contributed by atoms with Gasteiger partial charge in [0, 0.05) is 51.2 Å². The quantitative estimate of drug-likeness (QED) is 0.852. The Hall–Kier alpha value is -2.40. The van der Waals surface area contributed by atoms with E-state index in [4.69, 9.17) is 0 Å². The molecule has 0 saturated carbocycles. The van der Waals surface area contributed by atoms with Crippen LogP contribution in [-0.2, 0) is 13.0 Å². The molecule has 3 heterocycles. The molecule has 4 rings (SSSR count). The standard InChI is InChI=1S/C21H26N4O/c1-2-23-11-13-24(14-12-23)19-7-9-22-20(15-19)21(26)25-10-8-17-5-3-4-6-18(17)16-25/h3-7,9,15H,2,8,10-14,16H2,1H3. The number of carbonyl (C=O) groups is 1. The maximum absolute atomic E-state index is 13.0. The van der Waals surface area contributed by atoms with Gasteiger partial charge in [0.2, 0.25) is 0 Å². The molecule has 1 saturated heterocycles. The predicted molar refractivity (Wildman–Crippen MR) is 103 cm³/mol. The van der Waals surface area contributed by atoms with Crippen molar-refractivity contribution < 1.29 is 4.79 Å². The van der Waals surface area contributed by atoms with Crippen molar-refractivity contribution >= 4 is 11.6 Å². The van der Waals surface area contributed by atoms with E-state index in [0.29, 0.717) is 12.2 Å². The molecule has 2 aliphatic rings. The summed E-state index contributed by atoms with van der Waals surface area (Å²) in [5, 5.41) is 0. The van der Waals surface area contributed by atoms with E-state index < -0.39 is 0 Å². The first kappa shape index (κ1) is 17.0. The number of hydrogen-bond donors (Lipinski definition) is 0. The summed E-state index contributed by atoms with van der Waals surface area (Å²) in [6, 6.07) is 12.4. The van der Waals surface area contributed by atoms with Crippen molar-refractivity contribution in [1.82, 2.24) is 14.8 Å². The molecule has 5 heteroatoms. The summed E-state index contributed by atoms with van der Waals surface area (Å²) in [4.78, 5) is 24.1. The molecule has 2 aliphatic heterocycles. The normalized spacial score (nSPS) is 17.9. The lowest BCUT2D eigenvalue weighted by atomic mass is 10.00. The van der Waals surface area contributed by atoms with Gasteiger partial charge in [0.25, 0.3) is 5.91 Å². The largest absolute Gasteiger partial charge is 0.369 e. The lowest BCUT2D eigenvalue weighted by Gasteiger charge is -2.35. The second-order valence-electron chi connectivity index (χ2n) is 7.07. The Labute approximate surface area is 155 Å². The minimum Gasteiger partial charge on any atom is -0.369 e. The number of hydrogen-bond acceptors (Lipinski definition) is 4. The molecule has 1 fully saturated rings. The van der Waals surface area contributed by atoms with Crippen molar-refractivity contribution in [3.8, 4) is 0 Å². The van der Waals surface area contributed by atoms with Crippen LogP contribution in [0.1, 0.15) is 28.5 Å². The van der Waals surface area contributed by atoms with Crippen molar-refractivity contribution in [1.29, 1.82) is 0 Å². The van der Waals surface area contributed by atoms with E-state index in [2.05, 4.69) is 39.9 Å². The summed E-state index contributed by atoms with van der Waals surface area (Å²) in [6.07, 6.45) is 2.69. The second-order valence-corrected chi connectivity index (χ2v) is 7.07. The third-order valence-corrected chi connectivity index (χ3v) is 5.57. The first-order valence-electron chi connectivity index (χ1n) is 9.54. The highest BCUT2D eigenvalue weighted by Crippen LogP contribution is 2.22. The van der Waals surface area contributed by atoms with Gasteiger partial charge in [-0.2, -0.15) is 0 Å². The number of likely N-dealkylation sites (N-methyl/N-ethyl adjacent to an activating group) is 1. The van der Waals surface area contributed by atoms with Crippen molar-refractivity contribution in [3.63, 3.8) is 0 Å². The van der Waals surface area contributed by atoms with E-state index >= 15 is 0 Å². The average molecular weight is 350 g/mol. The van der Waals surface area contributed by atoms with Crippen LogP contribution in [0, 0.1) is 0 Å². The summed E-state index contributed by atoms with van der Waals surface area (Å²) in [6.45, 7) is 8.90. The van der Waals surface area contributed by atoms with Crippen LogP contribution >= 0.6 is 0 Å². The number of anilines is 1. The Balaban J connectivity index is 1.47. The number of amides is 1. The monoisotopic (exact) mass is 350 g/mol. The molecular formula is C21H26N4O. The Morgan fingerprint density at radius 1 is 1.04 bits per heavy atom. The number of aromatic nitrogens is 1. The van der Waals surface area contributed by atoms with Crippen LogP contribution < -0.4 is 4.90 Å². The molecule has 1 aromatic heterocycles. The maximum Gasteiger partial charge on any atom is 0.272 e. The molecule has 136 valence electrons. The number of carbonyl (C=O) groups excluding carboxylic acids is 1. The van der Waals surface area contributed by atoms with E-state index in [9.17, 15) is 4.79 Å². The van der Waals surface area contributed by atoms with Gasteiger partial charge in [0.15, 0.2) is 0 Å². The lowest BCUT2D eigenvalue weighted by molar-refractivity contribution is 0.0729. The van der Waals surface area contributed by atoms with Gasteiger partial charge >= 0.3 is 0 Å². The topological polar surface area (TPSA) is 39.7 Å². The zero-order chi connectivity index (χ0) is 17.9. The van der Waals surface area contributed by atoms with Crippen molar-refractivity contribution in [3.05, 3.63) is 59.4 Å². The predicted octanol–water partition coefficient (Wildman–Crippen LogP) is 2.42. The SMILES string of the molecule is CCN1CCN(c2ccnc(C(=O)N3CCc4ccccc4C3)c2)CC1. The third-order valence-electron chi connectivity index (χ3n) is 5.57. The van der Waals surface area contributed by atoms with Crippen LogP contribution in [0.2, 0.25) is 0 Å². The molecule has 26 heavy (non-hydrogen) atoms. The highest BCUT2D eigenvalue weighted by molar-refractivity contribution is 5.93. The molecule has 0 spiro atoms. The maximum atomic E-state index is 13.0. The van der Waals surface area contributed by atoms with Crippen LogP contribution in [0.4, 0.5) is 5.69 Å². The van der Waals surface area contributed by atoms with Crippen molar-refractivity contribution in [2.45, 2.75) is 19.9 Å². The fourth-order valence-electron chi connectivity index (χ4n) is 3.89. The van der Waals surface area contributed by atoms with E-state index in [0.717, 1.165) is 51.4 Å².